The Balaban J connectivity index is 3.27. The van der Waals surface area contributed by atoms with Gasteiger partial charge in [0.1, 0.15) is 0 Å². The van der Waals surface area contributed by atoms with E-state index in [1.54, 1.807) is 25.2 Å². The van der Waals surface area contributed by atoms with Crippen molar-refractivity contribution in [3.05, 3.63) is 34.2 Å². The smallest absolute Gasteiger partial charge is 0.313 e. The zero-order valence-corrected chi connectivity index (χ0v) is 11.5. The lowest BCUT2D eigenvalue weighted by atomic mass is 9.75. The highest BCUT2D eigenvalue weighted by atomic mass is 16.5. The molecule has 2 unspecified atom stereocenters. The minimum Gasteiger partial charge on any atom is -0.481 e. The lowest BCUT2D eigenvalue weighted by Gasteiger charge is -2.32. The quantitative estimate of drug-likeness (QED) is 0.452. The van der Waals surface area contributed by atoms with E-state index in [0.717, 1.165) is 6.42 Å². The second kappa shape index (κ2) is 5.91. The SMILES string of the molecule is CCCC(C)(C(=O)O)C1=CC(N=[N+]=[N-])(OC)CC=C1. The minimum atomic E-state index is -1.12. The Kier molecular flexibility index (Phi) is 4.75. The summed E-state index contributed by atoms with van der Waals surface area (Å²) in [6.45, 7) is 3.61. The molecule has 19 heavy (non-hydrogen) atoms. The minimum absolute atomic E-state index is 0.402. The van der Waals surface area contributed by atoms with E-state index in [4.69, 9.17) is 10.3 Å². The molecule has 0 amide bonds. The number of rotatable bonds is 6. The molecule has 0 aromatic carbocycles. The van der Waals surface area contributed by atoms with Gasteiger partial charge in [-0.25, -0.2) is 0 Å². The van der Waals surface area contributed by atoms with Gasteiger partial charge in [-0.1, -0.05) is 30.6 Å². The Bertz CT molecular complexity index is 466. The van der Waals surface area contributed by atoms with E-state index >= 15 is 0 Å². The molecule has 1 rings (SSSR count). The Morgan fingerprint density at radius 2 is 2.42 bits per heavy atom. The molecule has 1 aliphatic carbocycles. The van der Waals surface area contributed by atoms with Crippen LogP contribution < -0.4 is 0 Å². The lowest BCUT2D eigenvalue weighted by Crippen LogP contribution is -2.34. The third-order valence-corrected chi connectivity index (χ3v) is 3.52. The van der Waals surface area contributed by atoms with Crippen molar-refractivity contribution >= 4 is 5.97 Å². The number of methoxy groups -OCH3 is 1. The van der Waals surface area contributed by atoms with Crippen molar-refractivity contribution in [1.82, 2.24) is 0 Å². The van der Waals surface area contributed by atoms with Crippen LogP contribution in [0.3, 0.4) is 0 Å². The second-order valence-electron chi connectivity index (χ2n) is 4.83. The van der Waals surface area contributed by atoms with Crippen molar-refractivity contribution in [2.24, 2.45) is 10.5 Å². The number of nitrogens with zero attached hydrogens (tertiary/aromatic N) is 3. The third kappa shape index (κ3) is 2.97. The maximum Gasteiger partial charge on any atom is 0.313 e. The van der Waals surface area contributed by atoms with E-state index < -0.39 is 17.1 Å². The van der Waals surface area contributed by atoms with Crippen LogP contribution >= 0.6 is 0 Å². The molecule has 0 saturated heterocycles. The number of carboxylic acids is 1. The largest absolute Gasteiger partial charge is 0.481 e. The molecule has 0 saturated carbocycles. The predicted molar refractivity (Wildman–Crippen MR) is 71.4 cm³/mol. The van der Waals surface area contributed by atoms with Gasteiger partial charge in [0, 0.05) is 18.4 Å². The molecule has 104 valence electrons. The first kappa shape index (κ1) is 15.3. The average Bonchev–Trinajstić information content (AvgIpc) is 2.39. The van der Waals surface area contributed by atoms with E-state index in [0.29, 0.717) is 18.4 Å². The normalized spacial score (nSPS) is 25.1. The van der Waals surface area contributed by atoms with Crippen LogP contribution in [0.5, 0.6) is 0 Å². The van der Waals surface area contributed by atoms with Crippen LogP contribution in [0.15, 0.2) is 28.9 Å². The van der Waals surface area contributed by atoms with Crippen LogP contribution in [-0.4, -0.2) is 23.9 Å². The number of hydrogen-bond acceptors (Lipinski definition) is 3. The van der Waals surface area contributed by atoms with Crippen LogP contribution in [-0.2, 0) is 9.53 Å². The molecule has 6 nitrogen and oxygen atoms in total. The standard InChI is InChI=1S/C13H19N3O3/c1-4-7-12(2,11(17)18)10-6-5-8-13(9-10,19-3)15-16-14/h5-6,9H,4,7-8H2,1-3H3,(H,17,18). The van der Waals surface area contributed by atoms with Gasteiger partial charge in [-0.2, -0.15) is 0 Å². The molecule has 0 fully saturated rings. The maximum atomic E-state index is 11.5. The lowest BCUT2D eigenvalue weighted by molar-refractivity contribution is -0.146. The number of hydrogen-bond donors (Lipinski definition) is 1. The van der Waals surface area contributed by atoms with Crippen molar-refractivity contribution in [3.8, 4) is 0 Å². The first-order chi connectivity index (χ1) is 8.94. The van der Waals surface area contributed by atoms with E-state index in [-0.39, 0.29) is 0 Å². The highest BCUT2D eigenvalue weighted by Gasteiger charge is 2.39. The summed E-state index contributed by atoms with van der Waals surface area (Å²) in [5.74, 6) is -0.891. The first-order valence-corrected chi connectivity index (χ1v) is 6.19. The number of allylic oxidation sites excluding steroid dienone is 1. The zero-order valence-electron chi connectivity index (χ0n) is 11.5. The topological polar surface area (TPSA) is 95.3 Å². The fraction of sp³-hybridized carbons (Fsp3) is 0.615. The van der Waals surface area contributed by atoms with Crippen LogP contribution in [0.25, 0.3) is 10.4 Å². The second-order valence-corrected chi connectivity index (χ2v) is 4.83. The Morgan fingerprint density at radius 3 is 2.89 bits per heavy atom. The van der Waals surface area contributed by atoms with Crippen LogP contribution in [0.4, 0.5) is 0 Å². The predicted octanol–water partition coefficient (Wildman–Crippen LogP) is 3.42. The summed E-state index contributed by atoms with van der Waals surface area (Å²) in [6.07, 6.45) is 6.83. The summed E-state index contributed by atoms with van der Waals surface area (Å²) >= 11 is 0. The van der Waals surface area contributed by atoms with E-state index in [9.17, 15) is 9.90 Å². The molecule has 0 heterocycles. The molecule has 0 bridgehead atoms. The first-order valence-electron chi connectivity index (χ1n) is 6.19. The van der Waals surface area contributed by atoms with Gasteiger partial charge in [0.05, 0.1) is 5.41 Å². The van der Waals surface area contributed by atoms with Gasteiger partial charge in [-0.3, -0.25) is 4.79 Å². The average molecular weight is 265 g/mol. The molecule has 2 atom stereocenters. The highest BCUT2D eigenvalue weighted by molar-refractivity contribution is 5.79. The monoisotopic (exact) mass is 265 g/mol. The Hall–Kier alpha value is -1.78. The van der Waals surface area contributed by atoms with E-state index in [1.165, 1.54) is 7.11 Å². The Labute approximate surface area is 112 Å². The number of azide groups is 1. The van der Waals surface area contributed by atoms with Crippen molar-refractivity contribution in [1.29, 1.82) is 0 Å². The summed E-state index contributed by atoms with van der Waals surface area (Å²) in [6, 6.07) is 0. The van der Waals surface area contributed by atoms with Crippen LogP contribution in [0.2, 0.25) is 0 Å². The molecule has 1 aliphatic rings. The molecule has 0 spiro atoms. The summed E-state index contributed by atoms with van der Waals surface area (Å²) in [5, 5.41) is 13.1. The third-order valence-electron chi connectivity index (χ3n) is 3.52. The number of carboxylic acid groups (broad SMARTS) is 1. The maximum absolute atomic E-state index is 11.5. The molecular formula is C13H19N3O3. The van der Waals surface area contributed by atoms with E-state index in [1.807, 2.05) is 6.92 Å². The van der Waals surface area contributed by atoms with Crippen molar-refractivity contribution in [3.63, 3.8) is 0 Å². The van der Waals surface area contributed by atoms with Crippen LogP contribution in [0, 0.1) is 5.41 Å². The summed E-state index contributed by atoms with van der Waals surface area (Å²) in [5.41, 5.74) is 7.12. The van der Waals surface area contributed by atoms with Gasteiger partial charge in [-0.05, 0) is 30.5 Å². The van der Waals surface area contributed by atoms with Gasteiger partial charge < -0.3 is 9.84 Å². The van der Waals surface area contributed by atoms with Gasteiger partial charge in [-0.15, -0.1) is 0 Å². The van der Waals surface area contributed by atoms with Gasteiger partial charge >= 0.3 is 5.97 Å². The van der Waals surface area contributed by atoms with Gasteiger partial charge in [0.2, 0.25) is 0 Å². The fourth-order valence-corrected chi connectivity index (χ4v) is 2.25. The molecule has 0 radical (unpaired) electrons. The van der Waals surface area contributed by atoms with Crippen molar-refractivity contribution in [2.75, 3.05) is 7.11 Å². The summed E-state index contributed by atoms with van der Waals surface area (Å²) in [4.78, 5) is 14.3. The van der Waals surface area contributed by atoms with Crippen molar-refractivity contribution < 1.29 is 14.6 Å². The molecule has 0 aliphatic heterocycles. The number of carbonyl (C=O) groups is 1. The van der Waals surface area contributed by atoms with Gasteiger partial charge in [0.15, 0.2) is 5.72 Å². The Morgan fingerprint density at radius 1 is 1.74 bits per heavy atom. The van der Waals surface area contributed by atoms with Crippen LogP contribution in [0.1, 0.15) is 33.1 Å². The van der Waals surface area contributed by atoms with Gasteiger partial charge in [0.25, 0.3) is 0 Å². The van der Waals surface area contributed by atoms with E-state index in [2.05, 4.69) is 10.0 Å². The number of ether oxygens (including phenoxy) is 1. The molecular weight excluding hydrogens is 246 g/mol. The highest BCUT2D eigenvalue weighted by Crippen LogP contribution is 2.39. The summed E-state index contributed by atoms with van der Waals surface area (Å²) < 4.78 is 5.26. The van der Waals surface area contributed by atoms with Crippen molar-refractivity contribution in [2.45, 2.75) is 38.8 Å². The fourth-order valence-electron chi connectivity index (χ4n) is 2.25. The number of aliphatic carboxylic acids is 1. The molecule has 0 aromatic heterocycles. The summed E-state index contributed by atoms with van der Waals surface area (Å²) in [7, 11) is 1.44. The zero-order chi connectivity index (χ0) is 14.5. The molecule has 0 aromatic rings. The molecule has 1 N–H and O–H groups in total. The molecule has 6 heteroatoms.